The van der Waals surface area contributed by atoms with E-state index in [-0.39, 0.29) is 6.54 Å². The lowest BCUT2D eigenvalue weighted by Crippen LogP contribution is -2.36. The monoisotopic (exact) mass is 513 g/mol. The van der Waals surface area contributed by atoms with E-state index in [1.165, 1.54) is 17.0 Å². The summed E-state index contributed by atoms with van der Waals surface area (Å²) in [4.78, 5) is 3.52. The summed E-state index contributed by atoms with van der Waals surface area (Å²) in [6.45, 7) is 3.86. The van der Waals surface area contributed by atoms with Gasteiger partial charge in [-0.05, 0) is 59.2 Å². The minimum absolute atomic E-state index is 0.325. The van der Waals surface area contributed by atoms with Gasteiger partial charge in [0.15, 0.2) is 4.91 Å². The third kappa shape index (κ3) is 5.73. The minimum atomic E-state index is -4.13. The van der Waals surface area contributed by atoms with Gasteiger partial charge in [0, 0.05) is 35.1 Å². The van der Waals surface area contributed by atoms with Gasteiger partial charge in [0.1, 0.15) is 6.07 Å². The Bertz CT molecular complexity index is 1390. The summed E-state index contributed by atoms with van der Waals surface area (Å²) in [6.07, 6.45) is -1.24. The number of nitrogens with one attached hydrogen (secondary N) is 1. The molecule has 0 aliphatic carbocycles. The van der Waals surface area contributed by atoms with E-state index in [0.29, 0.717) is 10.5 Å². The number of nitriles is 1. The molecule has 184 valence electrons. The van der Waals surface area contributed by atoms with Gasteiger partial charge in [-0.2, -0.15) is 5.26 Å². The van der Waals surface area contributed by atoms with Gasteiger partial charge in [0.25, 0.3) is 10.0 Å². The molecule has 0 amide bonds. The van der Waals surface area contributed by atoms with Crippen molar-refractivity contribution < 1.29 is 23.4 Å². The highest BCUT2D eigenvalue weighted by molar-refractivity contribution is 7.93. The van der Waals surface area contributed by atoms with Crippen molar-refractivity contribution in [2.24, 2.45) is 0 Å². The lowest BCUT2D eigenvalue weighted by molar-refractivity contribution is 0.0989. The fraction of sp³-hybridized carbons (Fsp3) is 0.320. The van der Waals surface area contributed by atoms with Crippen LogP contribution in [-0.2, 0) is 14.8 Å². The van der Waals surface area contributed by atoms with E-state index in [0.717, 1.165) is 47.5 Å². The molecular formula is C25H27N3O5S2. The van der Waals surface area contributed by atoms with E-state index in [1.54, 1.807) is 19.1 Å². The van der Waals surface area contributed by atoms with E-state index >= 15 is 0 Å². The predicted octanol–water partition coefficient (Wildman–Crippen LogP) is 2.93. The van der Waals surface area contributed by atoms with Crippen LogP contribution in [0.4, 0.5) is 5.69 Å². The Balaban J connectivity index is 1.59. The number of morpholine rings is 1. The van der Waals surface area contributed by atoms with Crippen molar-refractivity contribution >= 4 is 43.4 Å². The normalized spacial score (nSPS) is 16.1. The molecule has 2 aromatic carbocycles. The molecule has 8 nitrogen and oxygen atoms in total. The molecule has 3 N–H and O–H groups in total. The van der Waals surface area contributed by atoms with Crippen LogP contribution in [-0.4, -0.2) is 64.2 Å². The van der Waals surface area contributed by atoms with Gasteiger partial charge in [-0.15, -0.1) is 11.3 Å². The number of anilines is 1. The molecule has 3 aromatic rings. The highest BCUT2D eigenvalue weighted by Crippen LogP contribution is 2.35. The molecule has 1 fully saturated rings. The number of allylic oxidation sites excluding steroid dienone is 2. The van der Waals surface area contributed by atoms with Crippen molar-refractivity contribution in [3.05, 3.63) is 58.3 Å². The first kappa shape index (κ1) is 25.3. The van der Waals surface area contributed by atoms with Crippen molar-refractivity contribution in [2.75, 3.05) is 44.4 Å². The molecule has 2 heterocycles. The van der Waals surface area contributed by atoms with Crippen molar-refractivity contribution in [3.63, 3.8) is 0 Å². The summed E-state index contributed by atoms with van der Waals surface area (Å²) >= 11 is 1.40. The maximum atomic E-state index is 12.6. The lowest BCUT2D eigenvalue weighted by atomic mass is 10.0. The van der Waals surface area contributed by atoms with Gasteiger partial charge >= 0.3 is 0 Å². The zero-order chi connectivity index (χ0) is 25.0. The van der Waals surface area contributed by atoms with Gasteiger partial charge < -0.3 is 19.8 Å². The highest BCUT2D eigenvalue weighted by atomic mass is 32.2. The molecule has 1 saturated heterocycles. The number of sulfonamides is 1. The molecule has 1 aliphatic rings. The van der Waals surface area contributed by atoms with Crippen LogP contribution in [0.3, 0.4) is 0 Å². The zero-order valence-corrected chi connectivity index (χ0v) is 20.9. The third-order valence-corrected chi connectivity index (χ3v) is 8.63. The largest absolute Gasteiger partial charge is 0.394 e. The number of thiophene rings is 1. The minimum Gasteiger partial charge on any atom is -0.394 e. The van der Waals surface area contributed by atoms with Crippen LogP contribution < -0.4 is 9.62 Å². The standard InChI is InChI=1S/C25H27N3O5S2/c1-17(25(14-26)35(31,32)27-15-22(30)16-29)23-6-7-24(34-23)20-3-2-19-13-21(5-4-18(19)12-20)28-8-10-33-11-9-28/h2-7,12-13,22,27,29-30H,8-11,15-16H2,1H3/b25-17+. The highest BCUT2D eigenvalue weighted by Gasteiger charge is 2.23. The van der Waals surface area contributed by atoms with Crippen LogP contribution in [0.1, 0.15) is 11.8 Å². The number of rotatable bonds is 8. The maximum Gasteiger partial charge on any atom is 0.251 e. The number of aliphatic hydroxyl groups is 2. The van der Waals surface area contributed by atoms with Gasteiger partial charge in [-0.1, -0.05) is 18.2 Å². The molecule has 10 heteroatoms. The molecule has 0 radical (unpaired) electrons. The Hall–Kier alpha value is -2.78. The van der Waals surface area contributed by atoms with Crippen molar-refractivity contribution in [1.29, 1.82) is 5.26 Å². The van der Waals surface area contributed by atoms with Crippen LogP contribution in [0.25, 0.3) is 26.8 Å². The molecule has 0 spiro atoms. The van der Waals surface area contributed by atoms with Crippen LogP contribution in [0, 0.1) is 11.3 Å². The molecule has 0 bridgehead atoms. The number of hydrogen-bond donors (Lipinski definition) is 3. The Kier molecular flexibility index (Phi) is 7.86. The fourth-order valence-corrected chi connectivity index (χ4v) is 6.16. The molecule has 1 unspecified atom stereocenters. The summed E-state index contributed by atoms with van der Waals surface area (Å²) < 4.78 is 32.8. The van der Waals surface area contributed by atoms with Crippen molar-refractivity contribution in [1.82, 2.24) is 4.72 Å². The van der Waals surface area contributed by atoms with Gasteiger partial charge in [0.05, 0.1) is 25.9 Å². The Labute approximate surface area is 208 Å². The van der Waals surface area contributed by atoms with E-state index < -0.39 is 27.6 Å². The molecule has 0 saturated carbocycles. The first-order chi connectivity index (χ1) is 16.8. The Morgan fingerprint density at radius 1 is 1.17 bits per heavy atom. The van der Waals surface area contributed by atoms with E-state index in [2.05, 4.69) is 40.0 Å². The van der Waals surface area contributed by atoms with Crippen molar-refractivity contribution in [3.8, 4) is 16.5 Å². The number of hydrogen-bond acceptors (Lipinski definition) is 8. The van der Waals surface area contributed by atoms with E-state index in [9.17, 15) is 18.8 Å². The number of benzene rings is 2. The molecule has 4 rings (SSSR count). The average Bonchev–Trinajstić information content (AvgIpc) is 3.38. The smallest absolute Gasteiger partial charge is 0.251 e. The number of aliphatic hydroxyl groups excluding tert-OH is 2. The Morgan fingerprint density at radius 3 is 2.60 bits per heavy atom. The van der Waals surface area contributed by atoms with E-state index in [4.69, 9.17) is 9.84 Å². The summed E-state index contributed by atoms with van der Waals surface area (Å²) in [5, 5.41) is 30.1. The summed E-state index contributed by atoms with van der Waals surface area (Å²) in [7, 11) is -4.13. The third-order valence-electron chi connectivity index (χ3n) is 5.89. The van der Waals surface area contributed by atoms with Crippen LogP contribution >= 0.6 is 11.3 Å². The average molecular weight is 514 g/mol. The first-order valence-electron chi connectivity index (χ1n) is 11.2. The second kappa shape index (κ2) is 10.9. The van der Waals surface area contributed by atoms with Crippen LogP contribution in [0.2, 0.25) is 0 Å². The number of ether oxygens (including phenoxy) is 1. The molecule has 35 heavy (non-hydrogen) atoms. The fourth-order valence-electron chi connectivity index (χ4n) is 3.90. The van der Waals surface area contributed by atoms with Crippen molar-refractivity contribution in [2.45, 2.75) is 13.0 Å². The summed E-state index contributed by atoms with van der Waals surface area (Å²) in [5.41, 5.74) is 2.51. The molecule has 1 aliphatic heterocycles. The SMILES string of the molecule is C/C(=C(/C#N)S(=O)(=O)NCC(O)CO)c1ccc(-c2ccc3cc(N4CCOCC4)ccc3c2)s1. The van der Waals surface area contributed by atoms with Crippen LogP contribution in [0.5, 0.6) is 0 Å². The van der Waals surface area contributed by atoms with Crippen LogP contribution in [0.15, 0.2) is 53.4 Å². The second-order valence-corrected chi connectivity index (χ2v) is 11.1. The number of fused-ring (bicyclic) bond motifs is 1. The zero-order valence-electron chi connectivity index (χ0n) is 19.3. The molecular weight excluding hydrogens is 486 g/mol. The van der Waals surface area contributed by atoms with Gasteiger partial charge in [-0.3, -0.25) is 0 Å². The lowest BCUT2D eigenvalue weighted by Gasteiger charge is -2.29. The topological polar surface area (TPSA) is 123 Å². The van der Waals surface area contributed by atoms with Gasteiger partial charge in [-0.25, -0.2) is 13.1 Å². The first-order valence-corrected chi connectivity index (χ1v) is 13.5. The second-order valence-electron chi connectivity index (χ2n) is 8.26. The molecule has 1 atom stereocenters. The van der Waals surface area contributed by atoms with E-state index in [1.807, 2.05) is 12.1 Å². The summed E-state index contributed by atoms with van der Waals surface area (Å²) in [5.74, 6) is 0. The number of nitrogens with zero attached hydrogens (tertiary/aromatic N) is 2. The molecule has 1 aromatic heterocycles. The van der Waals surface area contributed by atoms with Gasteiger partial charge in [0.2, 0.25) is 0 Å². The Morgan fingerprint density at radius 2 is 1.89 bits per heavy atom. The predicted molar refractivity (Wildman–Crippen MR) is 139 cm³/mol. The quantitative estimate of drug-likeness (QED) is 0.396. The summed E-state index contributed by atoms with van der Waals surface area (Å²) in [6, 6.07) is 18.1. The maximum absolute atomic E-state index is 12.6.